The van der Waals surface area contributed by atoms with E-state index in [2.05, 4.69) is 10.3 Å². The number of amides is 1. The van der Waals surface area contributed by atoms with Gasteiger partial charge in [0.05, 0.1) is 6.26 Å². The zero-order valence-electron chi connectivity index (χ0n) is 11.1. The van der Waals surface area contributed by atoms with Gasteiger partial charge in [0.25, 0.3) is 0 Å². The Morgan fingerprint density at radius 2 is 2.16 bits per heavy atom. The van der Waals surface area contributed by atoms with Gasteiger partial charge in [-0.2, -0.15) is 0 Å². The first kappa shape index (κ1) is 13.1. The van der Waals surface area contributed by atoms with Crippen LogP contribution in [0.15, 0.2) is 35.5 Å². The predicted octanol–water partition coefficient (Wildman–Crippen LogP) is 3.64. The van der Waals surface area contributed by atoms with Crippen LogP contribution in [0.5, 0.6) is 5.75 Å². The van der Waals surface area contributed by atoms with E-state index in [9.17, 15) is 4.79 Å². The quantitative estimate of drug-likeness (QED) is 0.838. The van der Waals surface area contributed by atoms with Crippen LogP contribution in [0.3, 0.4) is 0 Å². The molecule has 0 fully saturated rings. The van der Waals surface area contributed by atoms with Crippen LogP contribution in [0.1, 0.15) is 20.8 Å². The van der Waals surface area contributed by atoms with E-state index in [0.29, 0.717) is 17.1 Å². The van der Waals surface area contributed by atoms with Gasteiger partial charge in [-0.1, -0.05) is 0 Å². The fourth-order valence-electron chi connectivity index (χ4n) is 1.49. The van der Waals surface area contributed by atoms with Gasteiger partial charge in [0.1, 0.15) is 11.3 Å². The fourth-order valence-corrected chi connectivity index (χ4v) is 1.49. The lowest BCUT2D eigenvalue weighted by molar-refractivity contribution is 0.0636. The van der Waals surface area contributed by atoms with Crippen molar-refractivity contribution in [1.29, 1.82) is 0 Å². The Hall–Kier alpha value is -2.30. The number of allylic oxidation sites excluding steroid dienone is 1. The number of hydrogen-bond donors (Lipinski definition) is 1. The van der Waals surface area contributed by atoms with Crippen LogP contribution in [0.25, 0.3) is 0 Å². The number of fused-ring (bicyclic) bond motifs is 1. The number of rotatable bonds is 1. The largest absolute Gasteiger partial charge is 0.463 e. The summed E-state index contributed by atoms with van der Waals surface area (Å²) in [5.74, 6) is 0.639. The molecule has 100 valence electrons. The number of anilines is 1. The van der Waals surface area contributed by atoms with E-state index in [1.54, 1.807) is 36.8 Å². The molecule has 0 saturated heterocycles. The average molecular weight is 260 g/mol. The molecule has 1 aromatic carbocycles. The molecule has 1 heterocycles. The minimum Gasteiger partial charge on any atom is -0.463 e. The molecule has 2 rings (SSSR count). The maximum atomic E-state index is 11.6. The Morgan fingerprint density at radius 3 is 2.89 bits per heavy atom. The molecule has 1 amide bonds. The number of nitrogens with one attached hydrogen (secondary N) is 1. The molecule has 5 nitrogen and oxygen atoms in total. The van der Waals surface area contributed by atoms with Gasteiger partial charge in [-0.05, 0) is 45.0 Å². The van der Waals surface area contributed by atoms with Crippen molar-refractivity contribution in [2.75, 3.05) is 5.32 Å². The lowest BCUT2D eigenvalue weighted by atomic mass is 10.2. The first-order chi connectivity index (χ1) is 8.94. The lowest BCUT2D eigenvalue weighted by Gasteiger charge is -2.19. The van der Waals surface area contributed by atoms with Crippen molar-refractivity contribution in [2.24, 2.45) is 4.99 Å². The van der Waals surface area contributed by atoms with E-state index in [1.807, 2.05) is 20.8 Å². The molecule has 0 bridgehead atoms. The van der Waals surface area contributed by atoms with Crippen LogP contribution >= 0.6 is 0 Å². The van der Waals surface area contributed by atoms with Crippen molar-refractivity contribution in [3.05, 3.63) is 30.5 Å². The Bertz CT molecular complexity index is 542. The summed E-state index contributed by atoms with van der Waals surface area (Å²) >= 11 is 0. The number of aliphatic imine (C=N–C) groups is 1. The van der Waals surface area contributed by atoms with Crippen LogP contribution < -0.4 is 10.1 Å². The standard InChI is InChI=1S/C14H16N2O3/c1-14(2,3)19-13(17)16-10-5-6-12-11(9-10)15-7-4-8-18-12/h4-9H,1-3H3,(H,16,17). The molecule has 1 aromatic rings. The SMILES string of the molecule is CC(C)(C)OC(=O)Nc1ccc2c(c1)N=CC=CO2. The summed E-state index contributed by atoms with van der Waals surface area (Å²) in [4.78, 5) is 15.8. The Labute approximate surface area is 111 Å². The van der Waals surface area contributed by atoms with E-state index in [0.717, 1.165) is 0 Å². The minimum atomic E-state index is -0.527. The zero-order valence-corrected chi connectivity index (χ0v) is 11.1. The second-order valence-electron chi connectivity index (χ2n) is 5.03. The van der Waals surface area contributed by atoms with Crippen molar-refractivity contribution < 1.29 is 14.3 Å². The molecule has 0 aromatic heterocycles. The van der Waals surface area contributed by atoms with Crippen molar-refractivity contribution in [3.8, 4) is 5.75 Å². The molecule has 0 unspecified atom stereocenters. The van der Waals surface area contributed by atoms with Gasteiger partial charge < -0.3 is 9.47 Å². The zero-order chi connectivity index (χ0) is 13.9. The third-order valence-corrected chi connectivity index (χ3v) is 2.18. The lowest BCUT2D eigenvalue weighted by Crippen LogP contribution is -2.27. The third kappa shape index (κ3) is 3.84. The van der Waals surface area contributed by atoms with Crippen LogP contribution in [-0.2, 0) is 4.74 Å². The van der Waals surface area contributed by atoms with Gasteiger partial charge >= 0.3 is 6.09 Å². The highest BCUT2D eigenvalue weighted by Gasteiger charge is 2.16. The summed E-state index contributed by atoms with van der Waals surface area (Å²) in [7, 11) is 0. The van der Waals surface area contributed by atoms with Crippen LogP contribution in [0.4, 0.5) is 16.2 Å². The number of carbonyl (C=O) groups excluding carboxylic acids is 1. The van der Waals surface area contributed by atoms with Crippen LogP contribution in [0.2, 0.25) is 0 Å². The highest BCUT2D eigenvalue weighted by molar-refractivity contribution is 5.86. The van der Waals surface area contributed by atoms with Crippen molar-refractivity contribution in [1.82, 2.24) is 0 Å². The van der Waals surface area contributed by atoms with E-state index >= 15 is 0 Å². The molecule has 1 N–H and O–H groups in total. The van der Waals surface area contributed by atoms with Crippen LogP contribution in [-0.4, -0.2) is 17.9 Å². The Balaban J connectivity index is 2.11. The molecule has 0 aliphatic carbocycles. The smallest absolute Gasteiger partial charge is 0.412 e. The van der Waals surface area contributed by atoms with Crippen molar-refractivity contribution >= 4 is 23.7 Å². The monoisotopic (exact) mass is 260 g/mol. The first-order valence-electron chi connectivity index (χ1n) is 5.94. The summed E-state index contributed by atoms with van der Waals surface area (Å²) in [5.41, 5.74) is 0.732. The van der Waals surface area contributed by atoms with E-state index in [4.69, 9.17) is 9.47 Å². The second kappa shape index (κ2) is 5.14. The van der Waals surface area contributed by atoms with Gasteiger partial charge in [0, 0.05) is 11.9 Å². The Kier molecular flexibility index (Phi) is 3.55. The van der Waals surface area contributed by atoms with Gasteiger partial charge in [-0.15, -0.1) is 0 Å². The summed E-state index contributed by atoms with van der Waals surface area (Å²) in [6.07, 6.45) is 4.38. The first-order valence-corrected chi connectivity index (χ1v) is 5.94. The summed E-state index contributed by atoms with van der Waals surface area (Å²) in [5, 5.41) is 2.66. The average Bonchev–Trinajstić information content (AvgIpc) is 2.50. The number of carbonyl (C=O) groups is 1. The molecule has 1 aliphatic rings. The molecule has 1 aliphatic heterocycles. The number of ether oxygens (including phenoxy) is 2. The minimum absolute atomic E-state index is 0.496. The van der Waals surface area contributed by atoms with Crippen LogP contribution in [0, 0.1) is 0 Å². The molecular formula is C14H16N2O3. The number of hydrogen-bond acceptors (Lipinski definition) is 4. The molecule has 0 atom stereocenters. The second-order valence-corrected chi connectivity index (χ2v) is 5.03. The predicted molar refractivity (Wildman–Crippen MR) is 74.2 cm³/mol. The normalized spacial score (nSPS) is 13.2. The molecule has 0 saturated carbocycles. The maximum Gasteiger partial charge on any atom is 0.412 e. The topological polar surface area (TPSA) is 59.9 Å². The van der Waals surface area contributed by atoms with Gasteiger partial charge in [0.15, 0.2) is 5.75 Å². The van der Waals surface area contributed by atoms with Gasteiger partial charge in [-0.25, -0.2) is 4.79 Å². The molecular weight excluding hydrogens is 244 g/mol. The third-order valence-electron chi connectivity index (χ3n) is 2.18. The maximum absolute atomic E-state index is 11.6. The highest BCUT2D eigenvalue weighted by atomic mass is 16.6. The molecule has 0 spiro atoms. The van der Waals surface area contributed by atoms with E-state index < -0.39 is 11.7 Å². The highest BCUT2D eigenvalue weighted by Crippen LogP contribution is 2.31. The number of nitrogens with zero attached hydrogens (tertiary/aromatic N) is 1. The molecule has 19 heavy (non-hydrogen) atoms. The summed E-state index contributed by atoms with van der Waals surface area (Å²) in [6.45, 7) is 5.44. The molecule has 5 heteroatoms. The van der Waals surface area contributed by atoms with Gasteiger partial charge in [0.2, 0.25) is 0 Å². The van der Waals surface area contributed by atoms with E-state index in [-0.39, 0.29) is 0 Å². The molecule has 0 radical (unpaired) electrons. The fraction of sp³-hybridized carbons (Fsp3) is 0.286. The number of benzene rings is 1. The Morgan fingerprint density at radius 1 is 1.37 bits per heavy atom. The van der Waals surface area contributed by atoms with E-state index in [1.165, 1.54) is 0 Å². The van der Waals surface area contributed by atoms with Crippen molar-refractivity contribution in [3.63, 3.8) is 0 Å². The summed E-state index contributed by atoms with van der Waals surface area (Å²) < 4.78 is 10.5. The summed E-state index contributed by atoms with van der Waals surface area (Å²) in [6, 6.07) is 5.20. The van der Waals surface area contributed by atoms with Gasteiger partial charge in [-0.3, -0.25) is 10.3 Å². The van der Waals surface area contributed by atoms with Crippen molar-refractivity contribution in [2.45, 2.75) is 26.4 Å².